The van der Waals surface area contributed by atoms with Gasteiger partial charge in [-0.3, -0.25) is 9.59 Å². The Hall–Kier alpha value is -1.83. The van der Waals surface area contributed by atoms with E-state index in [1.165, 1.54) is 12.2 Å². The smallest absolute Gasteiger partial charge is 0.190 e. The number of carbonyl (C=O) groups is 2. The topological polar surface area (TPSA) is 116 Å². The van der Waals surface area contributed by atoms with E-state index in [4.69, 9.17) is 4.74 Å². The molecule has 0 aromatic carbocycles. The Bertz CT molecular complexity index is 923. The normalized spacial score (nSPS) is 51.2. The van der Waals surface area contributed by atoms with E-state index in [0.717, 1.165) is 0 Å². The van der Waals surface area contributed by atoms with Crippen molar-refractivity contribution in [2.75, 3.05) is 6.61 Å². The van der Waals surface area contributed by atoms with E-state index in [9.17, 15) is 24.9 Å². The van der Waals surface area contributed by atoms with Crippen molar-refractivity contribution < 1.29 is 29.6 Å². The number of aliphatic hydroxyl groups excluding tert-OH is 3. The van der Waals surface area contributed by atoms with Crippen LogP contribution < -0.4 is 0 Å². The largest absolute Gasteiger partial charge is 0.475 e. The molecule has 5 aliphatic rings. The zero-order chi connectivity index (χ0) is 21.6. The van der Waals surface area contributed by atoms with E-state index in [0.29, 0.717) is 30.7 Å². The van der Waals surface area contributed by atoms with Crippen LogP contribution in [0.25, 0.3) is 0 Å². The fraction of sp³-hybridized carbons (Fsp3) is 0.696. The number of hydrogen-bond donors (Lipinski definition) is 3. The summed E-state index contributed by atoms with van der Waals surface area (Å²) in [5.74, 6) is -0.334. The number of ketones is 2. The van der Waals surface area contributed by atoms with Crippen molar-refractivity contribution in [1.82, 2.24) is 0 Å². The highest BCUT2D eigenvalue weighted by molar-refractivity contribution is 6.01. The molecule has 3 fully saturated rings. The van der Waals surface area contributed by atoms with Crippen LogP contribution >= 0.6 is 0 Å². The number of carbonyl (C=O) groups excluding carboxylic acids is 2. The summed E-state index contributed by atoms with van der Waals surface area (Å²) < 4.78 is 5.96. The zero-order valence-electron chi connectivity index (χ0n) is 17.5. The highest BCUT2D eigenvalue weighted by Crippen LogP contribution is 2.69. The highest BCUT2D eigenvalue weighted by atomic mass is 16.5. The summed E-state index contributed by atoms with van der Waals surface area (Å²) in [4.78, 5) is 29.7. The van der Waals surface area contributed by atoms with Crippen molar-refractivity contribution in [3.05, 3.63) is 23.8 Å². The number of ether oxygens (including phenoxy) is 1. The van der Waals surface area contributed by atoms with E-state index in [-0.39, 0.29) is 29.3 Å². The molecule has 0 spiro atoms. The lowest BCUT2D eigenvalue weighted by Gasteiger charge is -2.60. The van der Waals surface area contributed by atoms with Crippen LogP contribution in [0.4, 0.5) is 0 Å². The molecule has 1 heterocycles. The summed E-state index contributed by atoms with van der Waals surface area (Å²) >= 11 is 0. The number of hydrogen-bond acceptors (Lipinski definition) is 7. The van der Waals surface area contributed by atoms with Crippen LogP contribution in [0.1, 0.15) is 40.0 Å². The first-order valence-corrected chi connectivity index (χ1v) is 10.8. The van der Waals surface area contributed by atoms with Crippen LogP contribution in [0, 0.1) is 28.6 Å². The molecule has 0 saturated heterocycles. The van der Waals surface area contributed by atoms with E-state index >= 15 is 0 Å². The van der Waals surface area contributed by atoms with Gasteiger partial charge in [0.2, 0.25) is 0 Å². The first-order chi connectivity index (χ1) is 14.1. The minimum absolute atomic E-state index is 0.0118. The molecule has 3 saturated carbocycles. The molecule has 30 heavy (non-hydrogen) atoms. The number of fused-ring (bicyclic) bond motifs is 7. The summed E-state index contributed by atoms with van der Waals surface area (Å²) in [6.45, 7) is 5.06. The molecule has 0 bridgehead atoms. The maximum atomic E-state index is 13.1. The van der Waals surface area contributed by atoms with Gasteiger partial charge in [-0.1, -0.05) is 19.9 Å². The molecular weight excluding hydrogens is 386 g/mol. The van der Waals surface area contributed by atoms with Gasteiger partial charge in [-0.2, -0.15) is 0 Å². The predicted octanol–water partition coefficient (Wildman–Crippen LogP) is 0.963. The van der Waals surface area contributed by atoms with Crippen LogP contribution in [0.2, 0.25) is 0 Å². The summed E-state index contributed by atoms with van der Waals surface area (Å²) in [5.41, 5.74) is -1.85. The molecule has 9 unspecified atom stereocenters. The molecule has 7 nitrogen and oxygen atoms in total. The maximum Gasteiger partial charge on any atom is 0.190 e. The van der Waals surface area contributed by atoms with Crippen LogP contribution in [0.15, 0.2) is 28.8 Å². The second kappa shape index (κ2) is 6.11. The van der Waals surface area contributed by atoms with Crippen LogP contribution in [-0.4, -0.2) is 63.2 Å². The van der Waals surface area contributed by atoms with Crippen molar-refractivity contribution >= 4 is 17.5 Å². The Balaban J connectivity index is 1.63. The molecule has 7 heteroatoms. The van der Waals surface area contributed by atoms with E-state index in [1.807, 2.05) is 19.9 Å². The number of allylic oxidation sites excluding steroid dienone is 3. The van der Waals surface area contributed by atoms with Crippen LogP contribution in [-0.2, 0) is 14.3 Å². The average molecular weight is 415 g/mol. The Morgan fingerprint density at radius 1 is 1.30 bits per heavy atom. The summed E-state index contributed by atoms with van der Waals surface area (Å²) in [7, 11) is 0. The number of aliphatic hydroxyl groups is 3. The van der Waals surface area contributed by atoms with Crippen LogP contribution in [0.3, 0.4) is 0 Å². The summed E-state index contributed by atoms with van der Waals surface area (Å²) in [6, 6.07) is 0. The van der Waals surface area contributed by atoms with Gasteiger partial charge in [0.15, 0.2) is 23.0 Å². The third-order valence-corrected chi connectivity index (χ3v) is 8.92. The van der Waals surface area contributed by atoms with Gasteiger partial charge in [0, 0.05) is 23.7 Å². The van der Waals surface area contributed by atoms with Crippen molar-refractivity contribution in [2.45, 2.75) is 63.9 Å². The molecule has 162 valence electrons. The lowest BCUT2D eigenvalue weighted by molar-refractivity contribution is -0.150. The van der Waals surface area contributed by atoms with Gasteiger partial charge in [0.05, 0.1) is 12.2 Å². The first-order valence-electron chi connectivity index (χ1n) is 10.8. The number of aliphatic imine (C=N–C) groups is 1. The quantitative estimate of drug-likeness (QED) is 0.619. The molecular formula is C23H29NO6. The number of rotatable bonds is 2. The van der Waals surface area contributed by atoms with Crippen molar-refractivity contribution in [1.29, 1.82) is 0 Å². The molecule has 0 aromatic heterocycles. The van der Waals surface area contributed by atoms with Gasteiger partial charge in [-0.25, -0.2) is 4.99 Å². The lowest BCUT2D eigenvalue weighted by Crippen LogP contribution is -2.63. The second-order valence-corrected chi connectivity index (χ2v) is 10.2. The standard InChI is InChI=1S/C23H29NO6/c1-11-24-23(18(29)10-25)19(30-11)8-14-13-7-16(27)15-6-12(26)4-5-21(15,2)20(13)17(28)9-22(14,23)3/h4-6,13-14,16-17,19-20,25,27-28H,7-10H2,1-3H3. The lowest BCUT2D eigenvalue weighted by atomic mass is 9.45. The molecule has 0 radical (unpaired) electrons. The van der Waals surface area contributed by atoms with Gasteiger partial charge in [-0.15, -0.1) is 0 Å². The Morgan fingerprint density at radius 2 is 2.03 bits per heavy atom. The van der Waals surface area contributed by atoms with Gasteiger partial charge in [0.1, 0.15) is 12.7 Å². The Kier molecular flexibility index (Phi) is 4.09. The van der Waals surface area contributed by atoms with Gasteiger partial charge >= 0.3 is 0 Å². The second-order valence-electron chi connectivity index (χ2n) is 10.2. The molecule has 4 aliphatic carbocycles. The SMILES string of the molecule is CC1=NC2(C(=O)CO)C(CC3C4CC(O)C5=CC(=O)C=CC5(C)C4C(O)CC32C)O1. The van der Waals surface area contributed by atoms with Gasteiger partial charge < -0.3 is 20.1 Å². The summed E-state index contributed by atoms with van der Waals surface area (Å²) in [6.07, 6.45) is 4.23. The van der Waals surface area contributed by atoms with Crippen molar-refractivity contribution in [3.8, 4) is 0 Å². The fourth-order valence-corrected chi connectivity index (χ4v) is 7.86. The minimum Gasteiger partial charge on any atom is -0.475 e. The maximum absolute atomic E-state index is 13.1. The molecule has 5 rings (SSSR count). The minimum atomic E-state index is -1.21. The van der Waals surface area contributed by atoms with Gasteiger partial charge in [-0.05, 0) is 48.8 Å². The predicted molar refractivity (Wildman–Crippen MR) is 108 cm³/mol. The third-order valence-electron chi connectivity index (χ3n) is 8.92. The zero-order valence-corrected chi connectivity index (χ0v) is 17.5. The van der Waals surface area contributed by atoms with Crippen LogP contribution in [0.5, 0.6) is 0 Å². The fourth-order valence-electron chi connectivity index (χ4n) is 7.86. The van der Waals surface area contributed by atoms with Gasteiger partial charge in [0.25, 0.3) is 0 Å². The molecule has 9 atom stereocenters. The Labute approximate surface area is 175 Å². The third kappa shape index (κ3) is 2.18. The molecule has 3 N–H and O–H groups in total. The van der Waals surface area contributed by atoms with Crippen molar-refractivity contribution in [2.24, 2.45) is 33.6 Å². The molecule has 1 aliphatic heterocycles. The first kappa shape index (κ1) is 20.1. The number of nitrogens with zero attached hydrogens (tertiary/aromatic N) is 1. The highest BCUT2D eigenvalue weighted by Gasteiger charge is 2.74. The monoisotopic (exact) mass is 415 g/mol. The van der Waals surface area contributed by atoms with E-state index < -0.39 is 41.3 Å². The molecule has 0 amide bonds. The van der Waals surface area contributed by atoms with E-state index in [1.54, 1.807) is 6.92 Å². The summed E-state index contributed by atoms with van der Waals surface area (Å²) in [5, 5.41) is 32.2. The van der Waals surface area contributed by atoms with E-state index in [2.05, 4.69) is 4.99 Å². The van der Waals surface area contributed by atoms with Crippen molar-refractivity contribution in [3.63, 3.8) is 0 Å². The Morgan fingerprint density at radius 3 is 2.73 bits per heavy atom. The molecule has 0 aromatic rings. The average Bonchev–Trinajstić information content (AvgIpc) is 3.13. The number of Topliss-reactive ketones (excluding diaryl/α,β-unsaturated/α-hetero) is 1.